The molecule has 27 heavy (non-hydrogen) atoms. The van der Waals surface area contributed by atoms with Crippen molar-refractivity contribution in [3.05, 3.63) is 64.6 Å². The van der Waals surface area contributed by atoms with E-state index in [9.17, 15) is 18.0 Å². The van der Waals surface area contributed by atoms with Gasteiger partial charge in [0, 0.05) is 11.8 Å². The number of halogens is 4. The van der Waals surface area contributed by atoms with Crippen molar-refractivity contribution in [3.63, 3.8) is 0 Å². The maximum Gasteiger partial charge on any atom is 0.435 e. The molecule has 0 bridgehead atoms. The van der Waals surface area contributed by atoms with Crippen LogP contribution in [-0.4, -0.2) is 20.7 Å². The Morgan fingerprint density at radius 2 is 1.93 bits per heavy atom. The highest BCUT2D eigenvalue weighted by atomic mass is 35.5. The smallest absolute Gasteiger partial charge is 0.364 e. The normalized spacial score (nSPS) is 11.6. The maximum absolute atomic E-state index is 13.8. The molecule has 2 heterocycles. The molecule has 1 aromatic carbocycles. The lowest BCUT2D eigenvalue weighted by atomic mass is 9.95. The highest BCUT2D eigenvalue weighted by Gasteiger charge is 2.41. The highest BCUT2D eigenvalue weighted by molar-refractivity contribution is 6.32. The van der Waals surface area contributed by atoms with Crippen LogP contribution in [0.15, 0.2) is 42.6 Å². The van der Waals surface area contributed by atoms with E-state index in [1.54, 1.807) is 25.1 Å². The van der Waals surface area contributed by atoms with Crippen LogP contribution in [0.5, 0.6) is 0 Å². The van der Waals surface area contributed by atoms with Crippen molar-refractivity contribution in [3.8, 4) is 16.9 Å². The largest absolute Gasteiger partial charge is 0.435 e. The van der Waals surface area contributed by atoms with Crippen LogP contribution in [-0.2, 0) is 12.6 Å². The third kappa shape index (κ3) is 3.40. The van der Waals surface area contributed by atoms with Crippen LogP contribution in [0.3, 0.4) is 0 Å². The van der Waals surface area contributed by atoms with Crippen molar-refractivity contribution in [2.75, 3.05) is 0 Å². The second-order valence-electron chi connectivity index (χ2n) is 5.67. The number of benzene rings is 1. The molecule has 140 valence electrons. The molecule has 9 heteroatoms. The SMILES string of the molecule is CCc1ccccc1-c1c(C(F)(F)F)nn(-c2ncccc2Cl)c1C(N)=O. The van der Waals surface area contributed by atoms with E-state index in [-0.39, 0.29) is 22.0 Å². The Hall–Kier alpha value is -2.87. The van der Waals surface area contributed by atoms with Gasteiger partial charge in [-0.1, -0.05) is 42.8 Å². The van der Waals surface area contributed by atoms with E-state index < -0.39 is 23.5 Å². The van der Waals surface area contributed by atoms with Crippen LogP contribution in [0.25, 0.3) is 16.9 Å². The van der Waals surface area contributed by atoms with Gasteiger partial charge in [-0.2, -0.15) is 18.3 Å². The molecule has 0 saturated carbocycles. The molecule has 3 rings (SSSR count). The second kappa shape index (κ2) is 7.03. The molecule has 0 unspecified atom stereocenters. The number of rotatable bonds is 4. The summed E-state index contributed by atoms with van der Waals surface area (Å²) in [5, 5.41) is 3.66. The molecule has 0 atom stereocenters. The van der Waals surface area contributed by atoms with Gasteiger partial charge >= 0.3 is 6.18 Å². The first kappa shape index (κ1) is 18.9. The summed E-state index contributed by atoms with van der Waals surface area (Å²) in [5.41, 5.74) is 4.28. The molecule has 2 aromatic heterocycles. The lowest BCUT2D eigenvalue weighted by Crippen LogP contribution is -2.18. The number of hydrogen-bond acceptors (Lipinski definition) is 3. The summed E-state index contributed by atoms with van der Waals surface area (Å²) < 4.78 is 42.0. The molecule has 0 aliphatic rings. The number of hydrogen-bond donors (Lipinski definition) is 1. The van der Waals surface area contributed by atoms with Gasteiger partial charge in [-0.05, 0) is 29.7 Å². The number of pyridine rings is 1. The van der Waals surface area contributed by atoms with Crippen molar-refractivity contribution in [1.82, 2.24) is 14.8 Å². The van der Waals surface area contributed by atoms with E-state index in [2.05, 4.69) is 10.1 Å². The fraction of sp³-hybridized carbons (Fsp3) is 0.167. The van der Waals surface area contributed by atoms with Crippen LogP contribution in [0.2, 0.25) is 5.02 Å². The van der Waals surface area contributed by atoms with Gasteiger partial charge in [-0.25, -0.2) is 9.67 Å². The Labute approximate surface area is 157 Å². The monoisotopic (exact) mass is 394 g/mol. The molecule has 5 nitrogen and oxygen atoms in total. The number of aryl methyl sites for hydroxylation is 1. The minimum atomic E-state index is -4.81. The highest BCUT2D eigenvalue weighted by Crippen LogP contribution is 2.41. The summed E-state index contributed by atoms with van der Waals surface area (Å²) in [5.74, 6) is -1.18. The van der Waals surface area contributed by atoms with Gasteiger partial charge in [-0.3, -0.25) is 4.79 Å². The molecule has 0 saturated heterocycles. The van der Waals surface area contributed by atoms with Crippen LogP contribution >= 0.6 is 11.6 Å². The van der Waals surface area contributed by atoms with E-state index in [0.717, 1.165) is 4.68 Å². The minimum Gasteiger partial charge on any atom is -0.364 e. The maximum atomic E-state index is 13.8. The quantitative estimate of drug-likeness (QED) is 0.718. The van der Waals surface area contributed by atoms with Gasteiger partial charge < -0.3 is 5.73 Å². The van der Waals surface area contributed by atoms with Gasteiger partial charge in [0.15, 0.2) is 11.5 Å². The fourth-order valence-electron chi connectivity index (χ4n) is 2.86. The number of alkyl halides is 3. The minimum absolute atomic E-state index is 0.0338. The third-order valence-electron chi connectivity index (χ3n) is 3.99. The zero-order valence-corrected chi connectivity index (χ0v) is 14.8. The van der Waals surface area contributed by atoms with Crippen molar-refractivity contribution in [2.45, 2.75) is 19.5 Å². The standard InChI is InChI=1S/C18H14ClF3N4O/c1-2-10-6-3-4-7-11(10)13-14(16(23)27)26(25-15(13)18(20,21)22)17-12(19)8-5-9-24-17/h3-9H,2H2,1H3,(H2,23,27). The number of carbonyl (C=O) groups excluding carboxylic acids is 1. The Morgan fingerprint density at radius 1 is 1.22 bits per heavy atom. The molecule has 0 aliphatic heterocycles. The van der Waals surface area contributed by atoms with Crippen LogP contribution in [0.1, 0.15) is 28.7 Å². The predicted octanol–water partition coefficient (Wildman–Crippen LogP) is 4.27. The zero-order chi connectivity index (χ0) is 19.8. The molecular formula is C18H14ClF3N4O. The summed E-state index contributed by atoms with van der Waals surface area (Å²) in [7, 11) is 0. The topological polar surface area (TPSA) is 73.8 Å². The molecule has 0 spiro atoms. The summed E-state index contributed by atoms with van der Waals surface area (Å²) in [6.07, 6.45) is -3.02. The molecule has 0 radical (unpaired) electrons. The molecule has 2 N–H and O–H groups in total. The average Bonchev–Trinajstić information content (AvgIpc) is 3.02. The molecule has 1 amide bonds. The number of nitrogens with two attached hydrogens (primary N) is 1. The lowest BCUT2D eigenvalue weighted by molar-refractivity contribution is -0.140. The Morgan fingerprint density at radius 3 is 2.52 bits per heavy atom. The van der Waals surface area contributed by atoms with Crippen molar-refractivity contribution in [1.29, 1.82) is 0 Å². The number of nitrogens with zero attached hydrogens (tertiary/aromatic N) is 3. The Kier molecular flexibility index (Phi) is 4.93. The number of aromatic nitrogens is 3. The van der Waals surface area contributed by atoms with Gasteiger partial charge in [-0.15, -0.1) is 0 Å². The van der Waals surface area contributed by atoms with Crippen LogP contribution in [0.4, 0.5) is 13.2 Å². The van der Waals surface area contributed by atoms with Gasteiger partial charge in [0.1, 0.15) is 5.69 Å². The van der Waals surface area contributed by atoms with Gasteiger partial charge in [0.05, 0.1) is 5.02 Å². The van der Waals surface area contributed by atoms with E-state index in [1.165, 1.54) is 24.4 Å². The lowest BCUT2D eigenvalue weighted by Gasteiger charge is -2.11. The summed E-state index contributed by atoms with van der Waals surface area (Å²) in [6.45, 7) is 1.80. The number of primary amides is 1. The average molecular weight is 395 g/mol. The van der Waals surface area contributed by atoms with Crippen molar-refractivity contribution in [2.24, 2.45) is 5.73 Å². The summed E-state index contributed by atoms with van der Waals surface area (Å²) in [4.78, 5) is 16.1. The third-order valence-corrected chi connectivity index (χ3v) is 4.29. The Balaban J connectivity index is 2.45. The summed E-state index contributed by atoms with van der Waals surface area (Å²) >= 11 is 6.06. The second-order valence-corrected chi connectivity index (χ2v) is 6.07. The first-order valence-corrected chi connectivity index (χ1v) is 8.32. The molecular weight excluding hydrogens is 381 g/mol. The molecule has 0 aliphatic carbocycles. The van der Waals surface area contributed by atoms with E-state index >= 15 is 0 Å². The number of amides is 1. The molecule has 3 aromatic rings. The van der Waals surface area contributed by atoms with Gasteiger partial charge in [0.2, 0.25) is 0 Å². The van der Waals surface area contributed by atoms with Crippen molar-refractivity contribution >= 4 is 17.5 Å². The number of carbonyl (C=O) groups is 1. The van der Waals surface area contributed by atoms with Crippen LogP contribution in [0, 0.1) is 0 Å². The van der Waals surface area contributed by atoms with E-state index in [1.807, 2.05) is 0 Å². The van der Waals surface area contributed by atoms with Crippen LogP contribution < -0.4 is 5.73 Å². The first-order chi connectivity index (χ1) is 12.8. The molecule has 0 fully saturated rings. The Bertz CT molecular complexity index is 1010. The van der Waals surface area contributed by atoms with E-state index in [4.69, 9.17) is 17.3 Å². The summed E-state index contributed by atoms with van der Waals surface area (Å²) in [6, 6.07) is 9.43. The van der Waals surface area contributed by atoms with Crippen molar-refractivity contribution < 1.29 is 18.0 Å². The first-order valence-electron chi connectivity index (χ1n) is 7.94. The van der Waals surface area contributed by atoms with Gasteiger partial charge in [0.25, 0.3) is 5.91 Å². The van der Waals surface area contributed by atoms with E-state index in [0.29, 0.717) is 12.0 Å². The fourth-order valence-corrected chi connectivity index (χ4v) is 3.06. The zero-order valence-electron chi connectivity index (χ0n) is 14.1. The predicted molar refractivity (Wildman–Crippen MR) is 94.7 cm³/mol.